The molecule has 0 radical (unpaired) electrons. The standard InChI is InChI=1S/C14H23N3O4/c1-3-9(2)20-8-10-6-17(14(19)16-13(10)15)12-5-4-11(7-18)21-12/h6,9,11-12,18H,3-5,7-8H2,1-2H3,(H2,15,16,19). The lowest BCUT2D eigenvalue weighted by molar-refractivity contribution is -0.0250. The van der Waals surface area contributed by atoms with E-state index in [1.54, 1.807) is 6.20 Å². The van der Waals surface area contributed by atoms with Crippen molar-refractivity contribution in [2.75, 3.05) is 12.3 Å². The zero-order valence-corrected chi connectivity index (χ0v) is 12.5. The third-order valence-corrected chi connectivity index (χ3v) is 3.76. The number of nitrogen functional groups attached to an aromatic ring is 1. The number of ether oxygens (including phenoxy) is 2. The number of nitrogens with two attached hydrogens (primary N) is 1. The number of aliphatic hydroxyl groups is 1. The SMILES string of the molecule is CCC(C)OCc1cn(C2CCC(CO)O2)c(=O)nc1N. The van der Waals surface area contributed by atoms with Gasteiger partial charge >= 0.3 is 5.69 Å². The van der Waals surface area contributed by atoms with Gasteiger partial charge in [-0.2, -0.15) is 4.98 Å². The van der Waals surface area contributed by atoms with Gasteiger partial charge in [-0.25, -0.2) is 4.79 Å². The van der Waals surface area contributed by atoms with Crippen LogP contribution in [0.25, 0.3) is 0 Å². The Morgan fingerprint density at radius 1 is 1.62 bits per heavy atom. The van der Waals surface area contributed by atoms with E-state index in [4.69, 9.17) is 20.3 Å². The Morgan fingerprint density at radius 3 is 3.00 bits per heavy atom. The number of hydrogen-bond acceptors (Lipinski definition) is 6. The Balaban J connectivity index is 2.16. The maximum absolute atomic E-state index is 12.0. The van der Waals surface area contributed by atoms with Crippen molar-refractivity contribution < 1.29 is 14.6 Å². The summed E-state index contributed by atoms with van der Waals surface area (Å²) in [6, 6.07) is 0. The molecule has 0 saturated carbocycles. The van der Waals surface area contributed by atoms with Crippen LogP contribution < -0.4 is 11.4 Å². The van der Waals surface area contributed by atoms with Crippen molar-refractivity contribution in [2.45, 2.75) is 58.2 Å². The molecule has 1 saturated heterocycles. The summed E-state index contributed by atoms with van der Waals surface area (Å²) in [7, 11) is 0. The third kappa shape index (κ3) is 3.81. The lowest BCUT2D eigenvalue weighted by Gasteiger charge is -2.17. The summed E-state index contributed by atoms with van der Waals surface area (Å²) in [6.07, 6.45) is 3.43. The number of aromatic nitrogens is 2. The molecule has 1 aromatic heterocycles. The molecule has 3 atom stereocenters. The Labute approximate surface area is 123 Å². The molecule has 2 heterocycles. The first-order chi connectivity index (χ1) is 10.0. The van der Waals surface area contributed by atoms with E-state index in [0.717, 1.165) is 12.8 Å². The molecular weight excluding hydrogens is 274 g/mol. The van der Waals surface area contributed by atoms with Crippen molar-refractivity contribution in [1.29, 1.82) is 0 Å². The fraction of sp³-hybridized carbons (Fsp3) is 0.714. The Morgan fingerprint density at radius 2 is 2.38 bits per heavy atom. The molecule has 2 rings (SSSR count). The minimum atomic E-state index is -0.441. The Kier molecular flexibility index (Phi) is 5.33. The molecule has 3 N–H and O–H groups in total. The monoisotopic (exact) mass is 297 g/mol. The topological polar surface area (TPSA) is 99.6 Å². The van der Waals surface area contributed by atoms with E-state index in [9.17, 15) is 4.79 Å². The number of nitrogens with zero attached hydrogens (tertiary/aromatic N) is 2. The van der Waals surface area contributed by atoms with E-state index in [1.165, 1.54) is 4.57 Å². The van der Waals surface area contributed by atoms with Crippen molar-refractivity contribution in [3.05, 3.63) is 22.2 Å². The van der Waals surface area contributed by atoms with Crippen LogP contribution in [-0.2, 0) is 16.1 Å². The quantitative estimate of drug-likeness (QED) is 0.806. The highest BCUT2D eigenvalue weighted by Gasteiger charge is 2.27. The van der Waals surface area contributed by atoms with Crippen molar-refractivity contribution in [2.24, 2.45) is 0 Å². The fourth-order valence-corrected chi connectivity index (χ4v) is 2.21. The van der Waals surface area contributed by atoms with Crippen molar-refractivity contribution in [3.8, 4) is 0 Å². The van der Waals surface area contributed by atoms with Crippen LogP contribution in [0.1, 0.15) is 44.9 Å². The van der Waals surface area contributed by atoms with Crippen LogP contribution in [0.4, 0.5) is 5.82 Å². The first kappa shape index (κ1) is 15.9. The third-order valence-electron chi connectivity index (χ3n) is 3.76. The minimum Gasteiger partial charge on any atom is -0.394 e. The molecule has 21 heavy (non-hydrogen) atoms. The summed E-state index contributed by atoms with van der Waals surface area (Å²) < 4.78 is 12.7. The lowest BCUT2D eigenvalue weighted by Crippen LogP contribution is -2.29. The number of aliphatic hydroxyl groups excluding tert-OH is 1. The van der Waals surface area contributed by atoms with E-state index >= 15 is 0 Å². The van der Waals surface area contributed by atoms with Crippen LogP contribution in [0.3, 0.4) is 0 Å². The molecule has 1 fully saturated rings. The van der Waals surface area contributed by atoms with E-state index in [1.807, 2.05) is 13.8 Å². The van der Waals surface area contributed by atoms with E-state index in [2.05, 4.69) is 4.98 Å². The zero-order valence-electron chi connectivity index (χ0n) is 12.5. The summed E-state index contributed by atoms with van der Waals surface area (Å²) in [6.45, 7) is 4.28. The van der Waals surface area contributed by atoms with Crippen LogP contribution in [0.2, 0.25) is 0 Å². The fourth-order valence-electron chi connectivity index (χ4n) is 2.21. The van der Waals surface area contributed by atoms with Gasteiger partial charge in [0.25, 0.3) is 0 Å². The number of anilines is 1. The van der Waals surface area contributed by atoms with Crippen molar-refractivity contribution >= 4 is 5.82 Å². The van der Waals surface area contributed by atoms with Crippen LogP contribution in [0, 0.1) is 0 Å². The largest absolute Gasteiger partial charge is 0.394 e. The molecule has 3 unspecified atom stereocenters. The van der Waals surface area contributed by atoms with Gasteiger partial charge in [0.1, 0.15) is 12.0 Å². The second-order valence-electron chi connectivity index (χ2n) is 5.34. The van der Waals surface area contributed by atoms with E-state index in [0.29, 0.717) is 18.6 Å². The molecule has 0 aliphatic carbocycles. The van der Waals surface area contributed by atoms with Crippen molar-refractivity contribution in [1.82, 2.24) is 9.55 Å². The molecule has 1 aliphatic rings. The van der Waals surface area contributed by atoms with Crippen LogP contribution in [0.5, 0.6) is 0 Å². The lowest BCUT2D eigenvalue weighted by atomic mass is 10.2. The van der Waals surface area contributed by atoms with E-state index < -0.39 is 11.9 Å². The molecule has 118 valence electrons. The van der Waals surface area contributed by atoms with Crippen LogP contribution >= 0.6 is 0 Å². The van der Waals surface area contributed by atoms with Crippen LogP contribution in [0.15, 0.2) is 11.0 Å². The zero-order chi connectivity index (χ0) is 15.4. The number of rotatable bonds is 6. The molecule has 0 amide bonds. The smallest absolute Gasteiger partial charge is 0.351 e. The maximum Gasteiger partial charge on any atom is 0.351 e. The van der Waals surface area contributed by atoms with Crippen molar-refractivity contribution in [3.63, 3.8) is 0 Å². The van der Waals surface area contributed by atoms with Gasteiger partial charge in [0.05, 0.1) is 25.4 Å². The van der Waals surface area contributed by atoms with Gasteiger partial charge in [0.15, 0.2) is 0 Å². The first-order valence-corrected chi connectivity index (χ1v) is 7.30. The summed E-state index contributed by atoms with van der Waals surface area (Å²) in [4.78, 5) is 15.8. The maximum atomic E-state index is 12.0. The molecule has 0 spiro atoms. The minimum absolute atomic E-state index is 0.0440. The summed E-state index contributed by atoms with van der Waals surface area (Å²) in [5.74, 6) is 0.191. The van der Waals surface area contributed by atoms with Gasteiger partial charge in [-0.1, -0.05) is 6.92 Å². The molecule has 7 nitrogen and oxygen atoms in total. The Bertz CT molecular complexity index is 531. The molecule has 1 aromatic rings. The highest BCUT2D eigenvalue weighted by atomic mass is 16.5. The second kappa shape index (κ2) is 7.02. The van der Waals surface area contributed by atoms with Crippen LogP contribution in [-0.4, -0.2) is 33.5 Å². The first-order valence-electron chi connectivity index (χ1n) is 7.30. The van der Waals surface area contributed by atoms with Gasteiger partial charge in [0, 0.05) is 11.8 Å². The normalized spacial score (nSPS) is 23.4. The summed E-state index contributed by atoms with van der Waals surface area (Å²) >= 11 is 0. The highest BCUT2D eigenvalue weighted by Crippen LogP contribution is 2.27. The van der Waals surface area contributed by atoms with Gasteiger partial charge < -0.3 is 20.3 Å². The molecular formula is C14H23N3O4. The predicted molar refractivity (Wildman–Crippen MR) is 77.7 cm³/mol. The second-order valence-corrected chi connectivity index (χ2v) is 5.34. The van der Waals surface area contributed by atoms with Gasteiger partial charge in [-0.15, -0.1) is 0 Å². The Hall–Kier alpha value is -1.44. The van der Waals surface area contributed by atoms with Gasteiger partial charge in [-0.05, 0) is 26.2 Å². The average Bonchev–Trinajstić information content (AvgIpc) is 2.94. The average molecular weight is 297 g/mol. The molecule has 1 aliphatic heterocycles. The molecule has 0 bridgehead atoms. The molecule has 0 aromatic carbocycles. The van der Waals surface area contributed by atoms with Gasteiger partial charge in [0.2, 0.25) is 0 Å². The number of hydrogen-bond donors (Lipinski definition) is 2. The predicted octanol–water partition coefficient (Wildman–Crippen LogP) is 0.810. The summed E-state index contributed by atoms with van der Waals surface area (Å²) in [5, 5.41) is 9.10. The van der Waals surface area contributed by atoms with E-state index in [-0.39, 0.29) is 24.6 Å². The van der Waals surface area contributed by atoms with Gasteiger partial charge in [-0.3, -0.25) is 4.57 Å². The summed E-state index contributed by atoms with van der Waals surface area (Å²) in [5.41, 5.74) is 6.02. The molecule has 7 heteroatoms. The highest BCUT2D eigenvalue weighted by molar-refractivity contribution is 5.36.